The fourth-order valence-corrected chi connectivity index (χ4v) is 2.53. The van der Waals surface area contributed by atoms with Crippen molar-refractivity contribution in [2.75, 3.05) is 0 Å². The Bertz CT molecular complexity index is 705. The Morgan fingerprint density at radius 2 is 1.64 bits per heavy atom. The van der Waals surface area contributed by atoms with Crippen molar-refractivity contribution in [2.24, 2.45) is 0 Å². The second kappa shape index (κ2) is 4.52. The third kappa shape index (κ3) is 2.32. The van der Waals surface area contributed by atoms with Crippen LogP contribution in [0.1, 0.15) is 33.3 Å². The SMILES string of the molecule is CC1(C)OB(c2cc3cc[nH]c3cc2C(F)(F)F)OC1(C)C. The molecule has 0 aliphatic carbocycles. The largest absolute Gasteiger partial charge is 0.495 e. The van der Waals surface area contributed by atoms with Crippen LogP contribution in [0.3, 0.4) is 0 Å². The monoisotopic (exact) mass is 311 g/mol. The van der Waals surface area contributed by atoms with Crippen molar-refractivity contribution in [3.63, 3.8) is 0 Å². The first kappa shape index (κ1) is 15.4. The summed E-state index contributed by atoms with van der Waals surface area (Å²) in [6.07, 6.45) is -2.86. The highest BCUT2D eigenvalue weighted by Crippen LogP contribution is 2.38. The van der Waals surface area contributed by atoms with E-state index < -0.39 is 30.1 Å². The van der Waals surface area contributed by atoms with E-state index in [0.29, 0.717) is 10.9 Å². The molecule has 2 aromatic rings. The molecule has 1 aromatic heterocycles. The summed E-state index contributed by atoms with van der Waals surface area (Å²) in [6, 6.07) is 4.32. The first-order chi connectivity index (χ1) is 10.0. The fraction of sp³-hybridized carbons (Fsp3) is 0.467. The second-order valence-corrected chi connectivity index (χ2v) is 6.59. The number of H-pyrrole nitrogens is 1. The van der Waals surface area contributed by atoms with Gasteiger partial charge in [0.25, 0.3) is 0 Å². The first-order valence-electron chi connectivity index (χ1n) is 7.05. The van der Waals surface area contributed by atoms with E-state index in [-0.39, 0.29) is 5.46 Å². The van der Waals surface area contributed by atoms with Crippen molar-refractivity contribution in [3.8, 4) is 0 Å². The van der Waals surface area contributed by atoms with Gasteiger partial charge in [-0.25, -0.2) is 0 Å². The van der Waals surface area contributed by atoms with Gasteiger partial charge in [-0.15, -0.1) is 0 Å². The van der Waals surface area contributed by atoms with E-state index in [1.807, 2.05) is 27.7 Å². The molecule has 1 fully saturated rings. The second-order valence-electron chi connectivity index (χ2n) is 6.59. The Morgan fingerprint density at radius 3 is 2.18 bits per heavy atom. The van der Waals surface area contributed by atoms with Gasteiger partial charge in [0.2, 0.25) is 0 Å². The zero-order valence-electron chi connectivity index (χ0n) is 12.8. The molecule has 0 amide bonds. The topological polar surface area (TPSA) is 34.2 Å². The lowest BCUT2D eigenvalue weighted by Gasteiger charge is -2.32. The van der Waals surface area contributed by atoms with Gasteiger partial charge in [0.15, 0.2) is 0 Å². The number of alkyl halides is 3. The van der Waals surface area contributed by atoms with Gasteiger partial charge in [0.05, 0.1) is 16.8 Å². The van der Waals surface area contributed by atoms with Gasteiger partial charge in [-0.1, -0.05) is 6.07 Å². The van der Waals surface area contributed by atoms with E-state index in [4.69, 9.17) is 9.31 Å². The number of hydrogen-bond acceptors (Lipinski definition) is 2. The highest BCUT2D eigenvalue weighted by Gasteiger charge is 2.53. The zero-order valence-corrected chi connectivity index (χ0v) is 12.8. The molecule has 22 heavy (non-hydrogen) atoms. The number of rotatable bonds is 1. The molecule has 0 spiro atoms. The molecule has 0 bridgehead atoms. The van der Waals surface area contributed by atoms with Crippen LogP contribution in [-0.4, -0.2) is 23.3 Å². The van der Waals surface area contributed by atoms with Crippen LogP contribution in [0, 0.1) is 0 Å². The van der Waals surface area contributed by atoms with E-state index in [0.717, 1.165) is 6.07 Å². The molecule has 0 unspecified atom stereocenters. The number of halogens is 3. The standard InChI is InChI=1S/C15H17BF3NO2/c1-13(2)14(3,4)22-16(21-13)11-7-9-5-6-20-12(9)8-10(11)15(17,18)19/h5-8,20H,1-4H3. The highest BCUT2D eigenvalue weighted by atomic mass is 19.4. The maximum atomic E-state index is 13.4. The molecule has 1 saturated heterocycles. The molecule has 7 heteroatoms. The van der Waals surface area contributed by atoms with Crippen LogP contribution in [0.15, 0.2) is 24.4 Å². The molecule has 1 aromatic carbocycles. The van der Waals surface area contributed by atoms with Gasteiger partial charge >= 0.3 is 13.3 Å². The van der Waals surface area contributed by atoms with Crippen LogP contribution in [0.2, 0.25) is 0 Å². The minimum Gasteiger partial charge on any atom is -0.399 e. The molecular weight excluding hydrogens is 294 g/mol. The van der Waals surface area contributed by atoms with Gasteiger partial charge in [-0.2, -0.15) is 13.2 Å². The maximum absolute atomic E-state index is 13.4. The molecule has 1 aliphatic rings. The zero-order chi connectivity index (χ0) is 16.3. The lowest BCUT2D eigenvalue weighted by molar-refractivity contribution is -0.136. The predicted octanol–water partition coefficient (Wildman–Crippen LogP) is 3.49. The van der Waals surface area contributed by atoms with Crippen LogP contribution in [-0.2, 0) is 15.5 Å². The molecule has 3 rings (SSSR count). The normalized spacial score (nSPS) is 20.8. The summed E-state index contributed by atoms with van der Waals surface area (Å²) in [5.74, 6) is 0. The predicted molar refractivity (Wildman–Crippen MR) is 79.0 cm³/mol. The Hall–Kier alpha value is -1.47. The average molecular weight is 311 g/mol. The van der Waals surface area contributed by atoms with Crippen LogP contribution in [0.25, 0.3) is 10.9 Å². The molecule has 0 atom stereocenters. The van der Waals surface area contributed by atoms with Crippen molar-refractivity contribution in [1.82, 2.24) is 4.98 Å². The molecule has 1 N–H and O–H groups in total. The summed E-state index contributed by atoms with van der Waals surface area (Å²) in [7, 11) is -1.04. The summed E-state index contributed by atoms with van der Waals surface area (Å²) in [4.78, 5) is 2.80. The summed E-state index contributed by atoms with van der Waals surface area (Å²) in [6.45, 7) is 7.26. The first-order valence-corrected chi connectivity index (χ1v) is 7.05. The number of hydrogen-bond donors (Lipinski definition) is 1. The minimum atomic E-state index is -4.47. The molecule has 0 saturated carbocycles. The van der Waals surface area contributed by atoms with E-state index in [2.05, 4.69) is 4.98 Å². The van der Waals surface area contributed by atoms with E-state index in [1.54, 1.807) is 12.3 Å². The Labute approximate surface area is 126 Å². The molecule has 3 nitrogen and oxygen atoms in total. The highest BCUT2D eigenvalue weighted by molar-refractivity contribution is 6.63. The van der Waals surface area contributed by atoms with Gasteiger partial charge in [-0.3, -0.25) is 0 Å². The summed E-state index contributed by atoms with van der Waals surface area (Å²) in [5, 5.41) is 0.692. The molecule has 118 valence electrons. The number of aromatic nitrogens is 1. The van der Waals surface area contributed by atoms with E-state index in [9.17, 15) is 13.2 Å². The Morgan fingerprint density at radius 1 is 1.05 bits per heavy atom. The van der Waals surface area contributed by atoms with E-state index in [1.165, 1.54) is 6.07 Å². The van der Waals surface area contributed by atoms with Crippen LogP contribution >= 0.6 is 0 Å². The van der Waals surface area contributed by atoms with Crippen molar-refractivity contribution >= 4 is 23.5 Å². The average Bonchev–Trinajstić information content (AvgIpc) is 2.88. The minimum absolute atomic E-state index is 0.0123. The van der Waals surface area contributed by atoms with E-state index >= 15 is 0 Å². The van der Waals surface area contributed by atoms with Crippen molar-refractivity contribution in [3.05, 3.63) is 30.0 Å². The molecular formula is C15H17BF3NO2. The Kier molecular flexibility index (Phi) is 3.17. The number of benzene rings is 1. The summed E-state index contributed by atoms with van der Waals surface area (Å²) >= 11 is 0. The van der Waals surface area contributed by atoms with Gasteiger partial charge in [0, 0.05) is 11.7 Å². The fourth-order valence-electron chi connectivity index (χ4n) is 2.53. The number of fused-ring (bicyclic) bond motifs is 1. The van der Waals surface area contributed by atoms with Crippen LogP contribution in [0.5, 0.6) is 0 Å². The van der Waals surface area contributed by atoms with Crippen LogP contribution in [0.4, 0.5) is 13.2 Å². The number of aromatic amines is 1. The van der Waals surface area contributed by atoms with Crippen molar-refractivity contribution in [1.29, 1.82) is 0 Å². The molecule has 0 radical (unpaired) electrons. The van der Waals surface area contributed by atoms with Gasteiger partial charge in [0.1, 0.15) is 0 Å². The third-order valence-electron chi connectivity index (χ3n) is 4.54. The summed E-state index contributed by atoms with van der Waals surface area (Å²) in [5.41, 5.74) is -1.66. The van der Waals surface area contributed by atoms with Crippen molar-refractivity contribution in [2.45, 2.75) is 45.1 Å². The van der Waals surface area contributed by atoms with Crippen LogP contribution < -0.4 is 5.46 Å². The lowest BCUT2D eigenvalue weighted by atomic mass is 9.75. The Balaban J connectivity index is 2.14. The smallest absolute Gasteiger partial charge is 0.399 e. The number of nitrogens with one attached hydrogen (secondary N) is 1. The lowest BCUT2D eigenvalue weighted by Crippen LogP contribution is -2.41. The maximum Gasteiger partial charge on any atom is 0.495 e. The third-order valence-corrected chi connectivity index (χ3v) is 4.54. The molecule has 1 aliphatic heterocycles. The van der Waals surface area contributed by atoms with Gasteiger partial charge < -0.3 is 14.3 Å². The summed E-state index contributed by atoms with van der Waals surface area (Å²) < 4.78 is 51.7. The quantitative estimate of drug-likeness (QED) is 0.818. The molecule has 2 heterocycles. The van der Waals surface area contributed by atoms with Gasteiger partial charge in [-0.05, 0) is 50.7 Å². The van der Waals surface area contributed by atoms with Crippen molar-refractivity contribution < 1.29 is 22.5 Å².